The summed E-state index contributed by atoms with van der Waals surface area (Å²) in [6.07, 6.45) is -2.17. The van der Waals surface area contributed by atoms with Crippen molar-refractivity contribution in [3.8, 4) is 5.69 Å². The monoisotopic (exact) mass is 505 g/mol. The Hall–Kier alpha value is -3.65. The van der Waals surface area contributed by atoms with Gasteiger partial charge in [0.25, 0.3) is 0 Å². The van der Waals surface area contributed by atoms with Crippen molar-refractivity contribution >= 4 is 16.9 Å². The number of alkyl halides is 3. The van der Waals surface area contributed by atoms with Gasteiger partial charge in [0.1, 0.15) is 0 Å². The van der Waals surface area contributed by atoms with Crippen molar-refractivity contribution in [2.24, 2.45) is 0 Å². The van der Waals surface area contributed by atoms with Gasteiger partial charge >= 0.3 is 6.18 Å². The molecule has 0 saturated heterocycles. The molecule has 192 valence electrons. The van der Waals surface area contributed by atoms with E-state index < -0.39 is 11.9 Å². The molecule has 0 bridgehead atoms. The zero-order chi connectivity index (χ0) is 26.3. The van der Waals surface area contributed by atoms with Crippen molar-refractivity contribution in [2.75, 3.05) is 13.1 Å². The molecule has 0 N–H and O–H groups in total. The lowest BCUT2D eigenvalue weighted by atomic mass is 10.1. The van der Waals surface area contributed by atoms with Gasteiger partial charge in [0.15, 0.2) is 11.3 Å². The number of fused-ring (bicyclic) bond motifs is 3. The molecule has 0 fully saturated rings. The Kier molecular flexibility index (Phi) is 6.54. The molecule has 3 heterocycles. The summed E-state index contributed by atoms with van der Waals surface area (Å²) >= 11 is 0. The Labute approximate surface area is 214 Å². The third-order valence-electron chi connectivity index (χ3n) is 6.88. The fourth-order valence-electron chi connectivity index (χ4n) is 5.27. The van der Waals surface area contributed by atoms with Gasteiger partial charge in [0.2, 0.25) is 5.78 Å². The van der Waals surface area contributed by atoms with E-state index in [0.29, 0.717) is 24.3 Å². The summed E-state index contributed by atoms with van der Waals surface area (Å²) in [6.45, 7) is 9.30. The molecule has 5 aromatic rings. The number of likely N-dealkylation sites (N-methyl/N-ethyl adjacent to an activating group) is 1. The first kappa shape index (κ1) is 25.0. The van der Waals surface area contributed by atoms with Crippen molar-refractivity contribution in [2.45, 2.75) is 46.8 Å². The van der Waals surface area contributed by atoms with E-state index in [0.717, 1.165) is 34.4 Å². The van der Waals surface area contributed by atoms with Crippen LogP contribution in [0.4, 0.5) is 13.2 Å². The molecule has 0 spiro atoms. The van der Waals surface area contributed by atoms with Gasteiger partial charge in [-0.3, -0.25) is 13.9 Å². The Morgan fingerprint density at radius 2 is 1.65 bits per heavy atom. The summed E-state index contributed by atoms with van der Waals surface area (Å²) in [7, 11) is 0. The van der Waals surface area contributed by atoms with E-state index in [4.69, 9.17) is 0 Å². The highest BCUT2D eigenvalue weighted by Gasteiger charge is 2.40. The molecule has 37 heavy (non-hydrogen) atoms. The second kappa shape index (κ2) is 9.67. The number of aryl methyl sites for hydroxylation is 3. The Bertz CT molecular complexity index is 1540. The van der Waals surface area contributed by atoms with Gasteiger partial charge in [0, 0.05) is 19.3 Å². The molecule has 0 amide bonds. The fourth-order valence-corrected chi connectivity index (χ4v) is 5.27. The minimum Gasteiger partial charge on any atom is -0.297 e. The molecule has 0 aliphatic rings. The molecule has 8 heteroatoms. The summed E-state index contributed by atoms with van der Waals surface area (Å²) in [6, 6.07) is 17.6. The van der Waals surface area contributed by atoms with Crippen LogP contribution in [0.1, 0.15) is 40.6 Å². The van der Waals surface area contributed by atoms with Crippen LogP contribution in [0, 0.1) is 20.8 Å². The molecule has 0 saturated carbocycles. The van der Waals surface area contributed by atoms with E-state index >= 15 is 0 Å². The van der Waals surface area contributed by atoms with Crippen LogP contribution in [0.15, 0.2) is 60.8 Å². The summed E-state index contributed by atoms with van der Waals surface area (Å²) in [5, 5.41) is 0. The Morgan fingerprint density at radius 3 is 2.30 bits per heavy atom. The number of rotatable bonds is 7. The maximum atomic E-state index is 14.4. The predicted molar refractivity (Wildman–Crippen MR) is 140 cm³/mol. The molecule has 0 radical (unpaired) electrons. The molecule has 0 aliphatic carbocycles. The SMILES string of the molecule is CCN(CCc1ccccc1)Cc1c(C(F)(F)F)nc2n(-c3c(C)cc(C)cc3C)c3ncccc3n12. The van der Waals surface area contributed by atoms with Crippen LogP contribution in [0.2, 0.25) is 0 Å². The van der Waals surface area contributed by atoms with Crippen LogP contribution in [-0.4, -0.2) is 36.9 Å². The van der Waals surface area contributed by atoms with Crippen LogP contribution in [-0.2, 0) is 19.1 Å². The zero-order valence-corrected chi connectivity index (χ0v) is 21.5. The number of pyridine rings is 1. The highest BCUT2D eigenvalue weighted by molar-refractivity contribution is 5.81. The lowest BCUT2D eigenvalue weighted by Gasteiger charge is -2.21. The normalized spacial score (nSPS) is 12.3. The smallest absolute Gasteiger partial charge is 0.297 e. The van der Waals surface area contributed by atoms with Crippen LogP contribution in [0.25, 0.3) is 22.6 Å². The number of nitrogens with zero attached hydrogens (tertiary/aromatic N) is 5. The molecule has 0 atom stereocenters. The number of imidazole rings is 2. The van der Waals surface area contributed by atoms with Gasteiger partial charge in [-0.15, -0.1) is 0 Å². The predicted octanol–water partition coefficient (Wildman–Crippen LogP) is 6.68. The van der Waals surface area contributed by atoms with Gasteiger partial charge < -0.3 is 0 Å². The van der Waals surface area contributed by atoms with Crippen molar-refractivity contribution in [1.29, 1.82) is 0 Å². The lowest BCUT2D eigenvalue weighted by Crippen LogP contribution is -2.27. The number of benzene rings is 2. The quantitative estimate of drug-likeness (QED) is 0.248. The number of aromatic nitrogens is 4. The standard InChI is InChI=1S/C29H30F3N5/c1-5-35(15-13-22-10-7-6-8-11-22)18-24-26(29(30,31)32)34-28-36(24)23-12-9-14-33-27(23)37(28)25-20(3)16-19(2)17-21(25)4/h6-12,14,16-17H,5,13,15,18H2,1-4H3. The van der Waals surface area contributed by atoms with Crippen LogP contribution >= 0.6 is 0 Å². The maximum absolute atomic E-state index is 14.4. The van der Waals surface area contributed by atoms with E-state index in [1.165, 1.54) is 0 Å². The molecule has 5 rings (SSSR count). The minimum absolute atomic E-state index is 0.124. The summed E-state index contributed by atoms with van der Waals surface area (Å²) in [4.78, 5) is 10.9. The highest BCUT2D eigenvalue weighted by Crippen LogP contribution is 2.37. The summed E-state index contributed by atoms with van der Waals surface area (Å²) in [5.74, 6) is 0.227. The van der Waals surface area contributed by atoms with Crippen LogP contribution < -0.4 is 0 Å². The second-order valence-corrected chi connectivity index (χ2v) is 9.57. The minimum atomic E-state index is -4.59. The van der Waals surface area contributed by atoms with Gasteiger partial charge in [0.05, 0.1) is 16.9 Å². The van der Waals surface area contributed by atoms with Gasteiger partial charge in [-0.1, -0.05) is 55.0 Å². The van der Waals surface area contributed by atoms with E-state index in [9.17, 15) is 13.2 Å². The topological polar surface area (TPSA) is 38.4 Å². The molecule has 5 nitrogen and oxygen atoms in total. The third kappa shape index (κ3) is 4.62. The molecule has 0 aliphatic heterocycles. The lowest BCUT2D eigenvalue weighted by molar-refractivity contribution is -0.141. The van der Waals surface area contributed by atoms with E-state index in [2.05, 4.69) is 9.97 Å². The summed E-state index contributed by atoms with van der Waals surface area (Å²) < 4.78 is 46.6. The van der Waals surface area contributed by atoms with Gasteiger partial charge in [-0.25, -0.2) is 9.97 Å². The van der Waals surface area contributed by atoms with Crippen LogP contribution in [0.3, 0.4) is 0 Å². The Balaban J connectivity index is 1.70. The molecular formula is C29H30F3N5. The highest BCUT2D eigenvalue weighted by atomic mass is 19.4. The number of halogens is 3. The average Bonchev–Trinajstić information content (AvgIpc) is 3.38. The maximum Gasteiger partial charge on any atom is 0.435 e. The van der Waals surface area contributed by atoms with Gasteiger partial charge in [-0.05, 0) is 62.6 Å². The molecule has 0 unspecified atom stereocenters. The van der Waals surface area contributed by atoms with E-state index in [1.807, 2.05) is 81.1 Å². The third-order valence-corrected chi connectivity index (χ3v) is 6.88. The average molecular weight is 506 g/mol. The number of hydrogen-bond donors (Lipinski definition) is 0. The molecule has 2 aromatic carbocycles. The fraction of sp³-hybridized carbons (Fsp3) is 0.310. The van der Waals surface area contributed by atoms with Crippen molar-refractivity contribution in [1.82, 2.24) is 23.8 Å². The van der Waals surface area contributed by atoms with Crippen molar-refractivity contribution < 1.29 is 13.2 Å². The van der Waals surface area contributed by atoms with Crippen LogP contribution in [0.5, 0.6) is 0 Å². The number of hydrogen-bond acceptors (Lipinski definition) is 3. The first-order valence-electron chi connectivity index (χ1n) is 12.5. The second-order valence-electron chi connectivity index (χ2n) is 9.57. The first-order chi connectivity index (χ1) is 17.7. The van der Waals surface area contributed by atoms with Crippen molar-refractivity contribution in [3.63, 3.8) is 0 Å². The first-order valence-corrected chi connectivity index (χ1v) is 12.5. The molecule has 3 aromatic heterocycles. The van der Waals surface area contributed by atoms with E-state index in [-0.39, 0.29) is 18.0 Å². The summed E-state index contributed by atoms with van der Waals surface area (Å²) in [5.41, 5.74) is 5.46. The Morgan fingerprint density at radius 1 is 0.946 bits per heavy atom. The largest absolute Gasteiger partial charge is 0.435 e. The zero-order valence-electron chi connectivity index (χ0n) is 21.5. The molecular weight excluding hydrogens is 475 g/mol. The van der Waals surface area contributed by atoms with Gasteiger partial charge in [-0.2, -0.15) is 13.2 Å². The van der Waals surface area contributed by atoms with E-state index in [1.54, 1.807) is 21.2 Å². The van der Waals surface area contributed by atoms with Crippen molar-refractivity contribution in [3.05, 3.63) is 94.4 Å².